The Morgan fingerprint density at radius 2 is 1.73 bits per heavy atom. The first-order valence-electron chi connectivity index (χ1n) is 12.5. The normalized spacial score (nSPS) is 14.9. The van der Waals surface area contributed by atoms with E-state index in [1.54, 1.807) is 53.6 Å². The zero-order valence-electron chi connectivity index (χ0n) is 22.1. The van der Waals surface area contributed by atoms with Crippen LogP contribution in [0.15, 0.2) is 105 Å². The summed E-state index contributed by atoms with van der Waals surface area (Å²) in [5.74, 6) is -0.492. The van der Waals surface area contributed by atoms with Crippen LogP contribution in [0.3, 0.4) is 0 Å². The molecule has 1 aromatic heterocycles. The zero-order valence-corrected chi connectivity index (χ0v) is 23.8. The highest BCUT2D eigenvalue weighted by atomic mass is 32.2. The maximum Gasteiger partial charge on any atom is 0.338 e. The molecule has 4 aromatic rings. The average molecular weight is 571 g/mol. The van der Waals surface area contributed by atoms with Crippen LogP contribution in [0.2, 0.25) is 0 Å². The van der Waals surface area contributed by atoms with Crippen molar-refractivity contribution in [3.63, 3.8) is 0 Å². The van der Waals surface area contributed by atoms with Crippen LogP contribution in [0.1, 0.15) is 36.6 Å². The number of esters is 2. The Morgan fingerprint density at radius 1 is 1.02 bits per heavy atom. The van der Waals surface area contributed by atoms with Gasteiger partial charge in [0.05, 0.1) is 21.8 Å². The number of rotatable bonds is 7. The molecule has 1 aliphatic rings. The lowest BCUT2D eigenvalue weighted by Crippen LogP contribution is -2.39. The summed E-state index contributed by atoms with van der Waals surface area (Å²) in [5, 5.41) is 0. The number of carbonyl (C=O) groups is 2. The average Bonchev–Trinajstić information content (AvgIpc) is 3.26. The van der Waals surface area contributed by atoms with Crippen LogP contribution in [-0.2, 0) is 20.9 Å². The number of benzene rings is 3. The Morgan fingerprint density at radius 3 is 2.38 bits per heavy atom. The van der Waals surface area contributed by atoms with Gasteiger partial charge in [-0.3, -0.25) is 14.2 Å². The topological polar surface area (TPSA) is 87.0 Å². The summed E-state index contributed by atoms with van der Waals surface area (Å²) in [4.78, 5) is 44.8. The second-order valence-electron chi connectivity index (χ2n) is 9.08. The Hall–Kier alpha value is -4.21. The van der Waals surface area contributed by atoms with Gasteiger partial charge in [0.25, 0.3) is 5.56 Å². The number of allylic oxidation sites excluding steroid dienone is 1. The number of carbonyl (C=O) groups excluding carboxylic acids is 2. The van der Waals surface area contributed by atoms with Crippen LogP contribution in [-0.4, -0.2) is 22.8 Å². The predicted molar refractivity (Wildman–Crippen MR) is 156 cm³/mol. The second kappa shape index (κ2) is 11.9. The van der Waals surface area contributed by atoms with Crippen molar-refractivity contribution in [2.24, 2.45) is 4.99 Å². The molecule has 5 rings (SSSR count). The molecule has 0 spiro atoms. The summed E-state index contributed by atoms with van der Waals surface area (Å²) in [6, 6.07) is 23.5. The van der Waals surface area contributed by atoms with E-state index in [1.165, 1.54) is 18.3 Å². The van der Waals surface area contributed by atoms with E-state index in [2.05, 4.69) is 4.99 Å². The molecule has 0 radical (unpaired) electrons. The molecule has 9 heteroatoms. The fourth-order valence-corrected chi connectivity index (χ4v) is 5.89. The lowest BCUT2D eigenvalue weighted by atomic mass is 9.96. The highest BCUT2D eigenvalue weighted by Crippen LogP contribution is 2.32. The number of aromatic nitrogens is 1. The third-order valence-corrected chi connectivity index (χ3v) is 8.05. The monoisotopic (exact) mass is 570 g/mol. The zero-order chi connectivity index (χ0) is 28.2. The third kappa shape index (κ3) is 5.85. The first kappa shape index (κ1) is 27.4. The number of thioether (sulfide) groups is 1. The second-order valence-corrected chi connectivity index (χ2v) is 11.0. The van der Waals surface area contributed by atoms with E-state index in [9.17, 15) is 14.4 Å². The van der Waals surface area contributed by atoms with E-state index < -0.39 is 18.0 Å². The number of hydrogen-bond acceptors (Lipinski definition) is 8. The summed E-state index contributed by atoms with van der Waals surface area (Å²) in [5.41, 5.74) is 3.01. The molecule has 2 heterocycles. The highest BCUT2D eigenvalue weighted by Gasteiger charge is 2.33. The number of nitrogens with zero attached hydrogens (tertiary/aromatic N) is 2. The van der Waals surface area contributed by atoms with Crippen molar-refractivity contribution in [2.45, 2.75) is 31.4 Å². The molecule has 202 valence electrons. The SMILES string of the molecule is CSc1ccc(C2C(C(=O)OCc3ccccc3)=C(C)N=c3sc(=Cc4ccc(OC(C)=O)cc4)c(=O)n32)cc1. The molecular formula is C31H26N2O5S2. The van der Waals surface area contributed by atoms with Gasteiger partial charge in [-0.25, -0.2) is 9.79 Å². The number of ether oxygens (including phenoxy) is 2. The van der Waals surface area contributed by atoms with E-state index in [-0.39, 0.29) is 12.2 Å². The van der Waals surface area contributed by atoms with Gasteiger partial charge < -0.3 is 9.47 Å². The van der Waals surface area contributed by atoms with Gasteiger partial charge in [-0.05, 0) is 60.2 Å². The fourth-order valence-electron chi connectivity index (χ4n) is 4.43. The summed E-state index contributed by atoms with van der Waals surface area (Å²) in [6.45, 7) is 3.23. The van der Waals surface area contributed by atoms with Crippen LogP contribution in [0.4, 0.5) is 0 Å². The summed E-state index contributed by atoms with van der Waals surface area (Å²) >= 11 is 2.87. The van der Waals surface area contributed by atoms with Gasteiger partial charge >= 0.3 is 11.9 Å². The summed E-state index contributed by atoms with van der Waals surface area (Å²) in [7, 11) is 0. The van der Waals surface area contributed by atoms with Gasteiger partial charge in [-0.1, -0.05) is 65.9 Å². The standard InChI is InChI=1S/C31H26N2O5S2/c1-19-27(30(36)37-18-22-7-5-4-6-8-22)28(23-11-15-25(39-3)16-12-23)33-29(35)26(40-31(33)32-19)17-21-9-13-24(14-10-21)38-20(2)34/h4-17,28H,18H2,1-3H3. The minimum absolute atomic E-state index is 0.113. The van der Waals surface area contributed by atoms with Crippen LogP contribution in [0, 0.1) is 0 Å². The summed E-state index contributed by atoms with van der Waals surface area (Å²) < 4.78 is 12.9. The van der Waals surface area contributed by atoms with Crippen molar-refractivity contribution >= 4 is 41.1 Å². The molecule has 1 aliphatic heterocycles. The lowest BCUT2D eigenvalue weighted by molar-refractivity contribution is -0.141. The fraction of sp³-hybridized carbons (Fsp3) is 0.161. The van der Waals surface area contributed by atoms with E-state index in [4.69, 9.17) is 9.47 Å². The van der Waals surface area contributed by atoms with Crippen LogP contribution in [0.5, 0.6) is 5.75 Å². The van der Waals surface area contributed by atoms with Gasteiger partial charge in [-0.15, -0.1) is 11.8 Å². The molecule has 0 N–H and O–H groups in total. The van der Waals surface area contributed by atoms with Crippen molar-refractivity contribution in [3.8, 4) is 5.75 Å². The maximum absolute atomic E-state index is 13.8. The minimum atomic E-state index is -0.691. The van der Waals surface area contributed by atoms with Gasteiger partial charge in [0.1, 0.15) is 12.4 Å². The van der Waals surface area contributed by atoms with E-state index in [1.807, 2.05) is 60.9 Å². The molecule has 0 fully saturated rings. The van der Waals surface area contributed by atoms with Gasteiger partial charge in [0.2, 0.25) is 0 Å². The predicted octanol–water partition coefficient (Wildman–Crippen LogP) is 4.63. The lowest BCUT2D eigenvalue weighted by Gasteiger charge is -2.25. The van der Waals surface area contributed by atoms with E-state index in [0.29, 0.717) is 26.4 Å². The molecule has 0 aliphatic carbocycles. The van der Waals surface area contributed by atoms with Crippen molar-refractivity contribution in [1.29, 1.82) is 0 Å². The smallest absolute Gasteiger partial charge is 0.338 e. The Labute approximate surface area is 239 Å². The minimum Gasteiger partial charge on any atom is -0.457 e. The molecule has 0 saturated carbocycles. The first-order chi connectivity index (χ1) is 19.3. The maximum atomic E-state index is 13.8. The number of fused-ring (bicyclic) bond motifs is 1. The van der Waals surface area contributed by atoms with Crippen LogP contribution >= 0.6 is 23.1 Å². The Balaban J connectivity index is 1.57. The largest absolute Gasteiger partial charge is 0.457 e. The summed E-state index contributed by atoms with van der Waals surface area (Å²) in [6.07, 6.45) is 3.76. The molecular weight excluding hydrogens is 544 g/mol. The number of hydrogen-bond donors (Lipinski definition) is 0. The molecule has 0 amide bonds. The van der Waals surface area contributed by atoms with Gasteiger partial charge in [0.15, 0.2) is 4.80 Å². The van der Waals surface area contributed by atoms with Gasteiger partial charge in [0, 0.05) is 11.8 Å². The number of thiazole rings is 1. The highest BCUT2D eigenvalue weighted by molar-refractivity contribution is 7.98. The Bertz CT molecular complexity index is 1770. The molecule has 1 unspecified atom stereocenters. The van der Waals surface area contributed by atoms with Crippen molar-refractivity contribution < 1.29 is 19.1 Å². The molecule has 3 aromatic carbocycles. The molecule has 7 nitrogen and oxygen atoms in total. The Kier molecular flexibility index (Phi) is 8.14. The van der Waals surface area contributed by atoms with Crippen LogP contribution in [0.25, 0.3) is 6.08 Å². The van der Waals surface area contributed by atoms with Crippen molar-refractivity contribution in [2.75, 3.05) is 6.26 Å². The molecule has 40 heavy (non-hydrogen) atoms. The van der Waals surface area contributed by atoms with E-state index >= 15 is 0 Å². The van der Waals surface area contributed by atoms with Crippen molar-refractivity contribution in [1.82, 2.24) is 4.57 Å². The van der Waals surface area contributed by atoms with Gasteiger partial charge in [-0.2, -0.15) is 0 Å². The molecule has 0 bridgehead atoms. The van der Waals surface area contributed by atoms with Crippen LogP contribution < -0.4 is 19.6 Å². The molecule has 0 saturated heterocycles. The quantitative estimate of drug-likeness (QED) is 0.183. The third-order valence-electron chi connectivity index (χ3n) is 6.33. The van der Waals surface area contributed by atoms with E-state index in [0.717, 1.165) is 21.6 Å². The first-order valence-corrected chi connectivity index (χ1v) is 14.5. The van der Waals surface area contributed by atoms with Crippen molar-refractivity contribution in [3.05, 3.63) is 127 Å². The molecule has 1 atom stereocenters.